The summed E-state index contributed by atoms with van der Waals surface area (Å²) < 4.78 is 19.8. The van der Waals surface area contributed by atoms with E-state index < -0.39 is 40.6 Å². The first-order valence-electron chi connectivity index (χ1n) is 10.6. The molecule has 9 nitrogen and oxygen atoms in total. The van der Waals surface area contributed by atoms with Crippen LogP contribution in [0.5, 0.6) is 0 Å². The smallest absolute Gasteiger partial charge is 0.355 e. The van der Waals surface area contributed by atoms with Gasteiger partial charge in [0.2, 0.25) is 0 Å². The number of methoxy groups -OCH3 is 4. The molecule has 0 aromatic heterocycles. The summed E-state index contributed by atoms with van der Waals surface area (Å²) in [5, 5.41) is 0. The van der Waals surface area contributed by atoms with Crippen LogP contribution in [-0.4, -0.2) is 62.8 Å². The minimum atomic E-state index is -1.42. The second kappa shape index (κ2) is 10.7. The minimum Gasteiger partial charge on any atom is -0.466 e. The molecule has 0 spiro atoms. The van der Waals surface area contributed by atoms with E-state index >= 15 is 0 Å². The Bertz CT molecular complexity index is 1190. The van der Waals surface area contributed by atoms with E-state index in [1.165, 1.54) is 11.1 Å². The molecule has 1 aromatic carbocycles. The van der Waals surface area contributed by atoms with Gasteiger partial charge in [-0.25, -0.2) is 19.2 Å². The third-order valence-electron chi connectivity index (χ3n) is 5.64. The summed E-state index contributed by atoms with van der Waals surface area (Å²) in [6.45, 7) is 0. The molecule has 2 heterocycles. The quantitative estimate of drug-likeness (QED) is 0.430. The maximum absolute atomic E-state index is 13.2. The van der Waals surface area contributed by atoms with Crippen molar-refractivity contribution >= 4 is 30.0 Å². The van der Waals surface area contributed by atoms with E-state index in [9.17, 15) is 19.2 Å². The molecule has 35 heavy (non-hydrogen) atoms. The summed E-state index contributed by atoms with van der Waals surface area (Å²) in [6.07, 6.45) is 10.2. The van der Waals surface area contributed by atoms with E-state index in [1.807, 2.05) is 36.4 Å². The van der Waals surface area contributed by atoms with E-state index in [4.69, 9.17) is 18.9 Å². The lowest BCUT2D eigenvalue weighted by atomic mass is 9.74. The number of esters is 4. The SMILES string of the molecule is COC(=O)C1=C(C(=O)OC)N2C=CC=C[C@]2(C/C=C/c2ccccc2)C(C(=O)OC)=C1C(=O)OC. The topological polar surface area (TPSA) is 108 Å². The molecule has 0 aliphatic carbocycles. The van der Waals surface area contributed by atoms with Crippen molar-refractivity contribution in [2.24, 2.45) is 0 Å². The molecule has 2 aliphatic heterocycles. The fraction of sp³-hybridized carbons (Fsp3) is 0.231. The Morgan fingerprint density at radius 1 is 0.800 bits per heavy atom. The van der Waals surface area contributed by atoms with Crippen LogP contribution >= 0.6 is 0 Å². The van der Waals surface area contributed by atoms with Crippen LogP contribution in [0.15, 0.2) is 83.3 Å². The normalized spacial score (nSPS) is 18.9. The van der Waals surface area contributed by atoms with Gasteiger partial charge >= 0.3 is 23.9 Å². The summed E-state index contributed by atoms with van der Waals surface area (Å²) in [5.41, 5.74) is -1.88. The lowest BCUT2D eigenvalue weighted by Crippen LogP contribution is -2.54. The van der Waals surface area contributed by atoms with Crippen molar-refractivity contribution in [1.29, 1.82) is 0 Å². The molecule has 0 saturated carbocycles. The van der Waals surface area contributed by atoms with Crippen molar-refractivity contribution in [2.45, 2.75) is 12.0 Å². The predicted octanol–water partition coefficient (Wildman–Crippen LogP) is 2.47. The second-order valence-corrected chi connectivity index (χ2v) is 7.45. The Balaban J connectivity index is 2.38. The standard InChI is InChI=1S/C26H25NO8/c1-32-22(28)18-19(23(29)33-2)21(25(31)35-4)27-16-9-8-14-26(27,20(18)24(30)34-3)15-10-13-17-11-6-5-7-12-17/h5-14,16H,15H2,1-4H3/b13-10+/t26-/m0/s1. The van der Waals surface area contributed by atoms with E-state index in [2.05, 4.69) is 0 Å². The highest BCUT2D eigenvalue weighted by molar-refractivity contribution is 6.17. The first-order valence-corrected chi connectivity index (χ1v) is 10.6. The highest BCUT2D eigenvalue weighted by atomic mass is 16.5. The van der Waals surface area contributed by atoms with E-state index in [0.29, 0.717) is 0 Å². The zero-order valence-corrected chi connectivity index (χ0v) is 19.8. The summed E-state index contributed by atoms with van der Waals surface area (Å²) in [4.78, 5) is 53.6. The van der Waals surface area contributed by atoms with Crippen LogP contribution in [0.1, 0.15) is 12.0 Å². The van der Waals surface area contributed by atoms with E-state index in [-0.39, 0.29) is 17.7 Å². The lowest BCUT2D eigenvalue weighted by Gasteiger charge is -2.47. The monoisotopic (exact) mass is 479 g/mol. The van der Waals surface area contributed by atoms with Crippen LogP contribution in [0.2, 0.25) is 0 Å². The highest BCUT2D eigenvalue weighted by Gasteiger charge is 2.53. The number of hydrogen-bond acceptors (Lipinski definition) is 9. The Labute approximate surface area is 202 Å². The molecule has 0 radical (unpaired) electrons. The molecule has 182 valence electrons. The van der Waals surface area contributed by atoms with Gasteiger partial charge in [0.15, 0.2) is 0 Å². The molecule has 0 amide bonds. The van der Waals surface area contributed by atoms with Crippen LogP contribution in [0.25, 0.3) is 6.08 Å². The summed E-state index contributed by atoms with van der Waals surface area (Å²) in [5.74, 6) is -3.83. The molecule has 0 bridgehead atoms. The summed E-state index contributed by atoms with van der Waals surface area (Å²) in [7, 11) is 4.49. The number of hydrogen-bond donors (Lipinski definition) is 0. The third-order valence-corrected chi connectivity index (χ3v) is 5.64. The van der Waals surface area contributed by atoms with Gasteiger partial charge in [0.1, 0.15) is 11.3 Å². The number of fused-ring (bicyclic) bond motifs is 1. The molecular weight excluding hydrogens is 454 g/mol. The predicted molar refractivity (Wildman–Crippen MR) is 125 cm³/mol. The van der Waals surface area contributed by atoms with Gasteiger partial charge in [-0.15, -0.1) is 0 Å². The zero-order chi connectivity index (χ0) is 25.6. The summed E-state index contributed by atoms with van der Waals surface area (Å²) in [6, 6.07) is 9.44. The molecule has 3 rings (SSSR count). The average Bonchev–Trinajstić information content (AvgIpc) is 2.90. The van der Waals surface area contributed by atoms with Crippen molar-refractivity contribution in [3.8, 4) is 0 Å². The Morgan fingerprint density at radius 3 is 2.00 bits per heavy atom. The van der Waals surface area contributed by atoms with Crippen LogP contribution in [0, 0.1) is 0 Å². The Kier molecular flexibility index (Phi) is 7.70. The number of benzene rings is 1. The molecule has 1 aromatic rings. The first kappa shape index (κ1) is 25.2. The van der Waals surface area contributed by atoms with Crippen molar-refractivity contribution in [1.82, 2.24) is 4.90 Å². The van der Waals surface area contributed by atoms with Crippen molar-refractivity contribution in [3.05, 3.63) is 88.8 Å². The fourth-order valence-corrected chi connectivity index (χ4v) is 4.11. The number of carbonyl (C=O) groups excluding carboxylic acids is 4. The highest BCUT2D eigenvalue weighted by Crippen LogP contribution is 2.46. The van der Waals surface area contributed by atoms with Gasteiger partial charge < -0.3 is 23.8 Å². The van der Waals surface area contributed by atoms with Crippen molar-refractivity contribution < 1.29 is 38.1 Å². The van der Waals surface area contributed by atoms with E-state index in [0.717, 1.165) is 34.0 Å². The third kappa shape index (κ3) is 4.52. The number of ether oxygens (including phenoxy) is 4. The molecule has 1 atom stereocenters. The molecule has 0 unspecified atom stereocenters. The first-order chi connectivity index (χ1) is 16.9. The number of nitrogens with zero attached hydrogens (tertiary/aromatic N) is 1. The van der Waals surface area contributed by atoms with Crippen LogP contribution in [0.4, 0.5) is 0 Å². The van der Waals surface area contributed by atoms with Gasteiger partial charge in [0.05, 0.1) is 45.1 Å². The number of rotatable bonds is 7. The van der Waals surface area contributed by atoms with Gasteiger partial charge in [-0.05, 0) is 18.1 Å². The zero-order valence-electron chi connectivity index (χ0n) is 19.8. The van der Waals surface area contributed by atoms with Crippen LogP contribution in [0.3, 0.4) is 0 Å². The fourth-order valence-electron chi connectivity index (χ4n) is 4.11. The lowest BCUT2D eigenvalue weighted by molar-refractivity contribution is -0.144. The minimum absolute atomic E-state index is 0.114. The van der Waals surface area contributed by atoms with Gasteiger partial charge in [0.25, 0.3) is 0 Å². The average molecular weight is 479 g/mol. The van der Waals surface area contributed by atoms with Crippen LogP contribution in [-0.2, 0) is 38.1 Å². The van der Waals surface area contributed by atoms with E-state index in [1.54, 1.807) is 24.3 Å². The number of allylic oxidation sites excluding steroid dienone is 2. The molecule has 0 fully saturated rings. The van der Waals surface area contributed by atoms with Gasteiger partial charge in [-0.1, -0.05) is 54.6 Å². The van der Waals surface area contributed by atoms with Crippen molar-refractivity contribution in [2.75, 3.05) is 28.4 Å². The number of carbonyl (C=O) groups is 4. The molecule has 0 saturated heterocycles. The molecule has 2 aliphatic rings. The maximum atomic E-state index is 13.2. The summed E-state index contributed by atoms with van der Waals surface area (Å²) >= 11 is 0. The Hall–Kier alpha value is -4.40. The van der Waals surface area contributed by atoms with Crippen molar-refractivity contribution in [3.63, 3.8) is 0 Å². The molecular formula is C26H25NO8. The van der Waals surface area contributed by atoms with Gasteiger partial charge in [-0.2, -0.15) is 0 Å². The van der Waals surface area contributed by atoms with Gasteiger partial charge in [-0.3, -0.25) is 0 Å². The van der Waals surface area contributed by atoms with Crippen LogP contribution < -0.4 is 0 Å². The maximum Gasteiger partial charge on any atom is 0.355 e. The Morgan fingerprint density at radius 2 is 1.40 bits per heavy atom. The molecule has 0 N–H and O–H groups in total. The van der Waals surface area contributed by atoms with Gasteiger partial charge in [0, 0.05) is 6.20 Å². The largest absolute Gasteiger partial charge is 0.466 e. The molecule has 9 heteroatoms. The second-order valence-electron chi connectivity index (χ2n) is 7.45.